The molecule has 1 aromatic rings. The Morgan fingerprint density at radius 1 is 1.41 bits per heavy atom. The number of halogens is 1. The molecule has 116 valence electrons. The lowest BCUT2D eigenvalue weighted by Crippen LogP contribution is -2.43. The van der Waals surface area contributed by atoms with Crippen molar-refractivity contribution in [3.05, 3.63) is 40.9 Å². The third-order valence-electron chi connectivity index (χ3n) is 4.41. The molecule has 0 saturated carbocycles. The van der Waals surface area contributed by atoms with E-state index in [-0.39, 0.29) is 29.6 Å². The summed E-state index contributed by atoms with van der Waals surface area (Å²) in [6.45, 7) is 2.34. The number of carbonyl (C=O) groups excluding carboxylic acids is 2. The van der Waals surface area contributed by atoms with Crippen LogP contribution in [-0.4, -0.2) is 18.5 Å². The quantitative estimate of drug-likeness (QED) is 0.672. The Morgan fingerprint density at radius 3 is 3.00 bits per heavy atom. The molecule has 3 atom stereocenters. The normalized spacial score (nSPS) is 27.0. The zero-order valence-corrected chi connectivity index (χ0v) is 13.1. The lowest BCUT2D eigenvalue weighted by molar-refractivity contribution is -0.160. The van der Waals surface area contributed by atoms with Crippen LogP contribution < -0.4 is 5.32 Å². The van der Waals surface area contributed by atoms with E-state index in [1.54, 1.807) is 6.07 Å². The van der Waals surface area contributed by atoms with Crippen LogP contribution in [0.25, 0.3) is 0 Å². The van der Waals surface area contributed by atoms with Gasteiger partial charge < -0.3 is 10.1 Å². The predicted molar refractivity (Wildman–Crippen MR) is 84.6 cm³/mol. The van der Waals surface area contributed by atoms with Crippen LogP contribution >= 0.6 is 11.6 Å². The first-order valence-electron chi connectivity index (χ1n) is 7.46. The molecule has 2 aliphatic rings. The molecular weight excluding hydrogens is 302 g/mol. The van der Waals surface area contributed by atoms with Crippen molar-refractivity contribution in [2.24, 2.45) is 17.8 Å². The van der Waals surface area contributed by atoms with Crippen LogP contribution in [0.5, 0.6) is 0 Å². The van der Waals surface area contributed by atoms with Gasteiger partial charge in [0.1, 0.15) is 0 Å². The molecule has 1 fully saturated rings. The van der Waals surface area contributed by atoms with E-state index in [9.17, 15) is 9.59 Å². The van der Waals surface area contributed by atoms with Crippen molar-refractivity contribution >= 4 is 29.2 Å². The Hall–Kier alpha value is -1.81. The third-order valence-corrected chi connectivity index (χ3v) is 4.82. The number of anilines is 1. The minimum Gasteiger partial charge on any atom is -0.465 e. The molecule has 3 rings (SSSR count). The Kier molecular flexibility index (Phi) is 4.21. The second-order valence-corrected chi connectivity index (χ2v) is 6.28. The highest BCUT2D eigenvalue weighted by Gasteiger charge is 2.43. The SMILES string of the molecule is Cc1ccc(NC(=O)C2CC=C[C@@H]3CCOC(=O)[C@H]23)cc1Cl. The van der Waals surface area contributed by atoms with Gasteiger partial charge in [-0.05, 0) is 43.4 Å². The predicted octanol–water partition coefficient (Wildman–Crippen LogP) is 3.34. The van der Waals surface area contributed by atoms with Crippen LogP contribution in [0, 0.1) is 24.7 Å². The summed E-state index contributed by atoms with van der Waals surface area (Å²) in [6, 6.07) is 5.40. The van der Waals surface area contributed by atoms with Crippen LogP contribution in [0.1, 0.15) is 18.4 Å². The minimum absolute atomic E-state index is 0.104. The van der Waals surface area contributed by atoms with Crippen molar-refractivity contribution in [1.82, 2.24) is 0 Å². The molecular formula is C17H18ClNO3. The maximum atomic E-state index is 12.6. The maximum Gasteiger partial charge on any atom is 0.310 e. The van der Waals surface area contributed by atoms with Crippen molar-refractivity contribution < 1.29 is 14.3 Å². The lowest BCUT2D eigenvalue weighted by Gasteiger charge is -2.35. The van der Waals surface area contributed by atoms with E-state index in [4.69, 9.17) is 16.3 Å². The van der Waals surface area contributed by atoms with E-state index in [1.807, 2.05) is 31.2 Å². The van der Waals surface area contributed by atoms with Crippen molar-refractivity contribution in [3.8, 4) is 0 Å². The second kappa shape index (κ2) is 6.13. The van der Waals surface area contributed by atoms with Gasteiger partial charge in [0.2, 0.25) is 5.91 Å². The van der Waals surface area contributed by atoms with E-state index < -0.39 is 0 Å². The highest BCUT2D eigenvalue weighted by atomic mass is 35.5. The second-order valence-electron chi connectivity index (χ2n) is 5.87. The molecule has 0 spiro atoms. The van der Waals surface area contributed by atoms with Crippen LogP contribution in [0.3, 0.4) is 0 Å². The Labute approximate surface area is 134 Å². The van der Waals surface area contributed by atoms with E-state index in [0.717, 1.165) is 12.0 Å². The summed E-state index contributed by atoms with van der Waals surface area (Å²) in [7, 11) is 0. The van der Waals surface area contributed by atoms with Gasteiger partial charge in [-0.3, -0.25) is 9.59 Å². The highest BCUT2D eigenvalue weighted by molar-refractivity contribution is 6.31. The van der Waals surface area contributed by atoms with Gasteiger partial charge in [-0.25, -0.2) is 0 Å². The van der Waals surface area contributed by atoms with Crippen molar-refractivity contribution in [2.45, 2.75) is 19.8 Å². The Bertz CT molecular complexity index is 641. The molecule has 0 bridgehead atoms. The molecule has 0 radical (unpaired) electrons. The Morgan fingerprint density at radius 2 is 2.23 bits per heavy atom. The smallest absolute Gasteiger partial charge is 0.310 e. The summed E-state index contributed by atoms with van der Waals surface area (Å²) >= 11 is 6.08. The molecule has 1 aliphatic heterocycles. The zero-order chi connectivity index (χ0) is 15.7. The molecule has 22 heavy (non-hydrogen) atoms. The number of fused-ring (bicyclic) bond motifs is 1. The number of nitrogens with one attached hydrogen (secondary N) is 1. The van der Waals surface area contributed by atoms with Crippen LogP contribution in [0.2, 0.25) is 5.02 Å². The molecule has 1 aliphatic carbocycles. The van der Waals surface area contributed by atoms with Gasteiger partial charge in [-0.15, -0.1) is 0 Å². The number of ether oxygens (including phenoxy) is 1. The number of allylic oxidation sites excluding steroid dienone is 2. The summed E-state index contributed by atoms with van der Waals surface area (Å²) in [5.41, 5.74) is 1.60. The summed E-state index contributed by atoms with van der Waals surface area (Å²) < 4.78 is 5.14. The van der Waals surface area contributed by atoms with E-state index >= 15 is 0 Å². The monoisotopic (exact) mass is 319 g/mol. The van der Waals surface area contributed by atoms with Crippen LogP contribution in [0.15, 0.2) is 30.4 Å². The first kappa shape index (κ1) is 15.1. The fraction of sp³-hybridized carbons (Fsp3) is 0.412. The molecule has 1 heterocycles. The number of aryl methyl sites for hydroxylation is 1. The molecule has 1 amide bonds. The van der Waals surface area contributed by atoms with E-state index in [1.165, 1.54) is 0 Å². The molecule has 1 unspecified atom stereocenters. The van der Waals surface area contributed by atoms with Crippen molar-refractivity contribution in [2.75, 3.05) is 11.9 Å². The number of hydrogen-bond donors (Lipinski definition) is 1. The summed E-state index contributed by atoms with van der Waals surface area (Å²) in [4.78, 5) is 24.6. The maximum absolute atomic E-state index is 12.6. The first-order valence-corrected chi connectivity index (χ1v) is 7.84. The number of carbonyl (C=O) groups is 2. The van der Waals surface area contributed by atoms with Gasteiger partial charge in [-0.1, -0.05) is 29.8 Å². The number of benzene rings is 1. The van der Waals surface area contributed by atoms with E-state index in [0.29, 0.717) is 23.7 Å². The first-order chi connectivity index (χ1) is 10.6. The van der Waals surface area contributed by atoms with Gasteiger partial charge in [0.25, 0.3) is 0 Å². The van der Waals surface area contributed by atoms with Gasteiger partial charge in [-0.2, -0.15) is 0 Å². The van der Waals surface area contributed by atoms with Crippen LogP contribution in [-0.2, 0) is 14.3 Å². The average molecular weight is 320 g/mol. The van der Waals surface area contributed by atoms with Gasteiger partial charge >= 0.3 is 5.97 Å². The molecule has 0 aromatic heterocycles. The lowest BCUT2D eigenvalue weighted by atomic mass is 9.73. The van der Waals surface area contributed by atoms with Crippen LogP contribution in [0.4, 0.5) is 5.69 Å². The zero-order valence-electron chi connectivity index (χ0n) is 12.3. The average Bonchev–Trinajstić information content (AvgIpc) is 2.51. The topological polar surface area (TPSA) is 55.4 Å². The third kappa shape index (κ3) is 2.88. The molecule has 1 saturated heterocycles. The van der Waals surface area contributed by atoms with Crippen molar-refractivity contribution in [3.63, 3.8) is 0 Å². The summed E-state index contributed by atoms with van der Waals surface area (Å²) in [5.74, 6) is -1.07. The summed E-state index contributed by atoms with van der Waals surface area (Å²) in [6.07, 6.45) is 5.37. The fourth-order valence-corrected chi connectivity index (χ4v) is 3.33. The number of esters is 1. The number of amides is 1. The molecule has 5 heteroatoms. The van der Waals surface area contributed by atoms with Gasteiger partial charge in [0.15, 0.2) is 0 Å². The number of cyclic esters (lactones) is 1. The van der Waals surface area contributed by atoms with Gasteiger partial charge in [0, 0.05) is 10.7 Å². The Balaban J connectivity index is 1.77. The summed E-state index contributed by atoms with van der Waals surface area (Å²) in [5, 5.41) is 3.48. The number of rotatable bonds is 2. The van der Waals surface area contributed by atoms with E-state index in [2.05, 4.69) is 5.32 Å². The van der Waals surface area contributed by atoms with Gasteiger partial charge in [0.05, 0.1) is 18.4 Å². The fourth-order valence-electron chi connectivity index (χ4n) is 3.15. The number of hydrogen-bond acceptors (Lipinski definition) is 3. The standard InChI is InChI=1S/C17H18ClNO3/c1-10-5-6-12(9-14(10)18)19-16(20)13-4-2-3-11-7-8-22-17(21)15(11)13/h2-3,5-6,9,11,13,15H,4,7-8H2,1H3,(H,19,20)/t11-,13?,15+/m1/s1. The highest BCUT2D eigenvalue weighted by Crippen LogP contribution is 2.37. The molecule has 4 nitrogen and oxygen atoms in total. The molecule has 1 N–H and O–H groups in total. The van der Waals surface area contributed by atoms with Crippen molar-refractivity contribution in [1.29, 1.82) is 0 Å². The minimum atomic E-state index is -0.386. The molecule has 1 aromatic carbocycles. The largest absolute Gasteiger partial charge is 0.465 e.